The number of rotatable bonds is 4. The minimum atomic E-state index is 0.696. The van der Waals surface area contributed by atoms with E-state index in [9.17, 15) is 0 Å². The Bertz CT molecular complexity index is 2240. The molecule has 0 fully saturated rings. The molecule has 0 unspecified atom stereocenters. The topological polar surface area (TPSA) is 51.6 Å². The molecule has 0 radical (unpaired) electrons. The maximum Gasteiger partial charge on any atom is 0.160 e. The molecule has 3 heterocycles. The van der Waals surface area contributed by atoms with Gasteiger partial charge in [-0.25, -0.2) is 19.9 Å². The minimum Gasteiger partial charge on any atom is -0.248 e. The van der Waals surface area contributed by atoms with Crippen LogP contribution in [0, 0.1) is 0 Å². The quantitative estimate of drug-likeness (QED) is 0.225. The van der Waals surface area contributed by atoms with Gasteiger partial charge < -0.3 is 0 Å². The summed E-state index contributed by atoms with van der Waals surface area (Å²) < 4.78 is 0. The average molecular weight is 537 g/mol. The van der Waals surface area contributed by atoms with E-state index < -0.39 is 0 Å². The van der Waals surface area contributed by atoms with Crippen molar-refractivity contribution >= 4 is 32.7 Å². The zero-order valence-corrected chi connectivity index (χ0v) is 22.6. The second-order valence-electron chi connectivity index (χ2n) is 10.3. The first-order valence-electron chi connectivity index (χ1n) is 14.0. The number of fused-ring (bicyclic) bond motifs is 3. The van der Waals surface area contributed by atoms with Crippen LogP contribution in [-0.2, 0) is 0 Å². The molecule has 8 aromatic rings. The molecule has 0 amide bonds. The van der Waals surface area contributed by atoms with Gasteiger partial charge in [-0.2, -0.15) is 0 Å². The zero-order chi connectivity index (χ0) is 27.9. The van der Waals surface area contributed by atoms with E-state index in [1.807, 2.05) is 54.6 Å². The van der Waals surface area contributed by atoms with Crippen LogP contribution >= 0.6 is 0 Å². The normalized spacial score (nSPS) is 11.3. The van der Waals surface area contributed by atoms with Crippen molar-refractivity contribution in [3.05, 3.63) is 146 Å². The summed E-state index contributed by atoms with van der Waals surface area (Å²) in [6, 6.07) is 49.8. The number of hydrogen-bond acceptors (Lipinski definition) is 4. The Labute approximate surface area is 243 Å². The molecule has 3 aromatic heterocycles. The molecule has 4 heteroatoms. The molecule has 5 aromatic carbocycles. The summed E-state index contributed by atoms with van der Waals surface area (Å²) in [6.45, 7) is 0. The molecule has 0 aliphatic heterocycles. The SMILES string of the molecule is c1ccc2nc(-c3ccc(-c4nc(-c5ccc(-c6ccc7ccccc7n6)cc5)c5ccccc5n4)cc3)ccc2c1. The lowest BCUT2D eigenvalue weighted by atomic mass is 10.0. The van der Waals surface area contributed by atoms with Crippen LogP contribution in [0.5, 0.6) is 0 Å². The fraction of sp³-hybridized carbons (Fsp3) is 0. The second kappa shape index (κ2) is 10.0. The number of para-hydroxylation sites is 3. The lowest BCUT2D eigenvalue weighted by Crippen LogP contribution is -1.95. The van der Waals surface area contributed by atoms with Crippen LogP contribution in [0.4, 0.5) is 0 Å². The molecule has 196 valence electrons. The van der Waals surface area contributed by atoms with Crippen LogP contribution in [0.3, 0.4) is 0 Å². The Hall–Kier alpha value is -5.74. The van der Waals surface area contributed by atoms with Gasteiger partial charge >= 0.3 is 0 Å². The molecule has 0 spiro atoms. The van der Waals surface area contributed by atoms with Crippen molar-refractivity contribution in [1.29, 1.82) is 0 Å². The molecule has 8 rings (SSSR count). The van der Waals surface area contributed by atoms with Gasteiger partial charge in [-0.3, -0.25) is 0 Å². The number of pyridine rings is 2. The molecule has 0 aliphatic rings. The summed E-state index contributed by atoms with van der Waals surface area (Å²) in [7, 11) is 0. The lowest BCUT2D eigenvalue weighted by molar-refractivity contribution is 1.23. The van der Waals surface area contributed by atoms with E-state index in [1.165, 1.54) is 0 Å². The Morgan fingerprint density at radius 1 is 0.310 bits per heavy atom. The average Bonchev–Trinajstić information content (AvgIpc) is 3.07. The summed E-state index contributed by atoms with van der Waals surface area (Å²) in [4.78, 5) is 19.7. The van der Waals surface area contributed by atoms with Crippen molar-refractivity contribution in [1.82, 2.24) is 19.9 Å². The highest BCUT2D eigenvalue weighted by atomic mass is 14.9. The molecule has 0 bridgehead atoms. The predicted octanol–water partition coefficient (Wildman–Crippen LogP) is 9.39. The first kappa shape index (κ1) is 24.1. The first-order chi connectivity index (χ1) is 20.8. The standard InChI is InChI=1S/C38H24N4/c1-4-10-32-25(7-1)21-23-34(39-32)27-13-17-29(18-14-27)37-31-9-3-6-12-36(31)41-38(42-37)30-19-15-28(16-20-30)35-24-22-26-8-2-5-11-33(26)40-35/h1-24H. The third-order valence-electron chi connectivity index (χ3n) is 7.69. The van der Waals surface area contributed by atoms with Crippen molar-refractivity contribution in [2.24, 2.45) is 0 Å². The third-order valence-corrected chi connectivity index (χ3v) is 7.69. The monoisotopic (exact) mass is 536 g/mol. The Kier molecular flexibility index (Phi) is 5.75. The van der Waals surface area contributed by atoms with Gasteiger partial charge in [-0.1, -0.05) is 115 Å². The maximum absolute atomic E-state index is 5.09. The van der Waals surface area contributed by atoms with E-state index in [-0.39, 0.29) is 0 Å². The van der Waals surface area contributed by atoms with Crippen LogP contribution in [0.2, 0.25) is 0 Å². The Morgan fingerprint density at radius 3 is 1.38 bits per heavy atom. The van der Waals surface area contributed by atoms with Gasteiger partial charge in [0.25, 0.3) is 0 Å². The summed E-state index contributed by atoms with van der Waals surface area (Å²) in [5.41, 5.74) is 9.84. The molecular formula is C38H24N4. The fourth-order valence-electron chi connectivity index (χ4n) is 5.47. The molecular weight excluding hydrogens is 512 g/mol. The molecule has 0 atom stereocenters. The largest absolute Gasteiger partial charge is 0.248 e. The van der Waals surface area contributed by atoms with Crippen LogP contribution in [0.15, 0.2) is 146 Å². The van der Waals surface area contributed by atoms with E-state index in [0.29, 0.717) is 5.82 Å². The lowest BCUT2D eigenvalue weighted by Gasteiger charge is -2.11. The first-order valence-corrected chi connectivity index (χ1v) is 14.0. The van der Waals surface area contributed by atoms with Crippen LogP contribution in [-0.4, -0.2) is 19.9 Å². The highest BCUT2D eigenvalue weighted by Crippen LogP contribution is 2.32. The number of nitrogens with zero attached hydrogens (tertiary/aromatic N) is 4. The van der Waals surface area contributed by atoms with Crippen molar-refractivity contribution in [3.8, 4) is 45.2 Å². The smallest absolute Gasteiger partial charge is 0.160 e. The summed E-state index contributed by atoms with van der Waals surface area (Å²) in [6.07, 6.45) is 0. The molecule has 42 heavy (non-hydrogen) atoms. The number of hydrogen-bond donors (Lipinski definition) is 0. The van der Waals surface area contributed by atoms with Crippen LogP contribution < -0.4 is 0 Å². The minimum absolute atomic E-state index is 0.696. The van der Waals surface area contributed by atoms with E-state index in [0.717, 1.165) is 72.0 Å². The second-order valence-corrected chi connectivity index (χ2v) is 10.3. The van der Waals surface area contributed by atoms with Gasteiger partial charge in [-0.15, -0.1) is 0 Å². The number of benzene rings is 5. The Balaban J connectivity index is 1.16. The highest BCUT2D eigenvalue weighted by Gasteiger charge is 2.13. The van der Waals surface area contributed by atoms with Crippen molar-refractivity contribution < 1.29 is 0 Å². The van der Waals surface area contributed by atoms with Gasteiger partial charge in [0.1, 0.15) is 0 Å². The van der Waals surface area contributed by atoms with E-state index >= 15 is 0 Å². The summed E-state index contributed by atoms with van der Waals surface area (Å²) in [5, 5.41) is 3.30. The van der Waals surface area contributed by atoms with Gasteiger partial charge in [-0.05, 0) is 30.3 Å². The predicted molar refractivity (Wildman–Crippen MR) is 172 cm³/mol. The van der Waals surface area contributed by atoms with E-state index in [4.69, 9.17) is 19.9 Å². The third kappa shape index (κ3) is 4.36. The molecule has 0 N–H and O–H groups in total. The van der Waals surface area contributed by atoms with Crippen LogP contribution in [0.25, 0.3) is 77.9 Å². The van der Waals surface area contributed by atoms with Crippen LogP contribution in [0.1, 0.15) is 0 Å². The molecule has 4 nitrogen and oxygen atoms in total. The van der Waals surface area contributed by atoms with E-state index in [2.05, 4.69) is 91.0 Å². The van der Waals surface area contributed by atoms with Crippen molar-refractivity contribution in [2.75, 3.05) is 0 Å². The molecule has 0 saturated carbocycles. The van der Waals surface area contributed by atoms with Gasteiger partial charge in [0.05, 0.1) is 33.6 Å². The highest BCUT2D eigenvalue weighted by molar-refractivity contribution is 5.94. The summed E-state index contributed by atoms with van der Waals surface area (Å²) in [5.74, 6) is 0.696. The maximum atomic E-state index is 5.09. The summed E-state index contributed by atoms with van der Waals surface area (Å²) >= 11 is 0. The molecule has 0 aliphatic carbocycles. The van der Waals surface area contributed by atoms with Crippen molar-refractivity contribution in [2.45, 2.75) is 0 Å². The van der Waals surface area contributed by atoms with E-state index in [1.54, 1.807) is 0 Å². The van der Waals surface area contributed by atoms with Crippen molar-refractivity contribution in [3.63, 3.8) is 0 Å². The zero-order valence-electron chi connectivity index (χ0n) is 22.6. The van der Waals surface area contributed by atoms with Gasteiger partial charge in [0.15, 0.2) is 5.82 Å². The van der Waals surface area contributed by atoms with Gasteiger partial charge in [0.2, 0.25) is 0 Å². The fourth-order valence-corrected chi connectivity index (χ4v) is 5.47. The molecule has 0 saturated heterocycles. The van der Waals surface area contributed by atoms with Gasteiger partial charge in [0, 0.05) is 38.4 Å². The Morgan fingerprint density at radius 2 is 0.786 bits per heavy atom. The number of aromatic nitrogens is 4.